The van der Waals surface area contributed by atoms with E-state index < -0.39 is 18.6 Å². The van der Waals surface area contributed by atoms with Crippen molar-refractivity contribution in [1.29, 1.82) is 0 Å². The molecular formula is C30H23ClIN3O6S. The summed E-state index contributed by atoms with van der Waals surface area (Å²) in [4.78, 5) is 43.7. The van der Waals surface area contributed by atoms with E-state index in [1.54, 1.807) is 61.5 Å². The Morgan fingerprint density at radius 3 is 2.55 bits per heavy atom. The summed E-state index contributed by atoms with van der Waals surface area (Å²) < 4.78 is 13.4. The summed E-state index contributed by atoms with van der Waals surface area (Å²) in [7, 11) is 1.45. The first-order valence-electron chi connectivity index (χ1n) is 12.5. The topological polar surface area (TPSA) is 119 Å². The number of amides is 1. The van der Waals surface area contributed by atoms with Gasteiger partial charge in [0.1, 0.15) is 0 Å². The number of halogens is 2. The zero-order chi connectivity index (χ0) is 30.0. The quantitative estimate of drug-likeness (QED) is 0.258. The van der Waals surface area contributed by atoms with Crippen molar-refractivity contribution in [3.8, 4) is 11.5 Å². The van der Waals surface area contributed by atoms with Gasteiger partial charge in [-0.05, 0) is 83.1 Å². The van der Waals surface area contributed by atoms with Gasteiger partial charge >= 0.3 is 5.97 Å². The van der Waals surface area contributed by atoms with Crippen LogP contribution in [0.4, 0.5) is 5.69 Å². The standard InChI is InChI=1S/C30H23ClIN3O6S/c1-16-25(28(38)34-20-6-4-3-5-7-20)26(18-8-10-19(31)11-9-18)35-29(39)23(42-30(35)33-16)14-17-12-21(32)27(22(13-17)40-2)41-15-24(36)37/h3-14,26H,15H2,1-2H3,(H,34,38)(H,36,37)/b23-14-/t26-/m0/s1. The first-order chi connectivity index (χ1) is 20.2. The molecule has 12 heteroatoms. The number of carboxylic acids is 1. The third-order valence-electron chi connectivity index (χ3n) is 6.37. The van der Waals surface area contributed by atoms with Gasteiger partial charge < -0.3 is 19.9 Å². The van der Waals surface area contributed by atoms with E-state index in [0.717, 1.165) is 0 Å². The Kier molecular flexibility index (Phi) is 8.80. The number of anilines is 1. The van der Waals surface area contributed by atoms with E-state index in [0.29, 0.717) is 57.5 Å². The lowest BCUT2D eigenvalue weighted by atomic mass is 9.95. The highest BCUT2D eigenvalue weighted by Gasteiger charge is 2.32. The minimum absolute atomic E-state index is 0.298. The molecule has 1 aliphatic heterocycles. The predicted octanol–water partition coefficient (Wildman–Crippen LogP) is 4.60. The van der Waals surface area contributed by atoms with Gasteiger partial charge in [-0.15, -0.1) is 0 Å². The first kappa shape index (κ1) is 29.5. The number of carbonyl (C=O) groups excluding carboxylic acids is 1. The number of ether oxygens (including phenoxy) is 2. The second kappa shape index (κ2) is 12.5. The number of methoxy groups -OCH3 is 1. The molecule has 0 spiro atoms. The molecule has 2 N–H and O–H groups in total. The molecule has 3 aromatic carbocycles. The Balaban J connectivity index is 1.63. The molecule has 214 valence electrons. The molecule has 0 fully saturated rings. The van der Waals surface area contributed by atoms with Gasteiger partial charge in [0.2, 0.25) is 0 Å². The average Bonchev–Trinajstić information content (AvgIpc) is 3.26. The van der Waals surface area contributed by atoms with E-state index in [1.807, 2.05) is 40.8 Å². The van der Waals surface area contributed by atoms with Gasteiger partial charge in [-0.1, -0.05) is 53.3 Å². The Hall–Kier alpha value is -3.94. The summed E-state index contributed by atoms with van der Waals surface area (Å²) in [6, 6.07) is 18.8. The highest BCUT2D eigenvalue weighted by molar-refractivity contribution is 14.1. The molecule has 0 unspecified atom stereocenters. The number of nitrogens with zero attached hydrogens (tertiary/aromatic N) is 2. The Bertz CT molecular complexity index is 1900. The number of fused-ring (bicyclic) bond motifs is 1. The monoisotopic (exact) mass is 715 g/mol. The minimum atomic E-state index is -1.11. The molecule has 0 saturated heterocycles. The molecule has 1 amide bonds. The van der Waals surface area contributed by atoms with Gasteiger partial charge in [-0.3, -0.25) is 14.2 Å². The molecule has 0 radical (unpaired) electrons. The lowest BCUT2D eigenvalue weighted by Crippen LogP contribution is -2.40. The van der Waals surface area contributed by atoms with Crippen LogP contribution in [-0.2, 0) is 9.59 Å². The summed E-state index contributed by atoms with van der Waals surface area (Å²) in [6.07, 6.45) is 1.71. The van der Waals surface area contributed by atoms with Crippen molar-refractivity contribution in [2.75, 3.05) is 19.0 Å². The number of para-hydroxylation sites is 1. The fraction of sp³-hybridized carbons (Fsp3) is 0.133. The molecule has 0 bridgehead atoms. The summed E-state index contributed by atoms with van der Waals surface area (Å²) >= 11 is 9.39. The van der Waals surface area contributed by atoms with Crippen molar-refractivity contribution < 1.29 is 24.2 Å². The summed E-state index contributed by atoms with van der Waals surface area (Å²) in [6.45, 7) is 1.23. The number of allylic oxidation sites excluding steroid dienone is 1. The van der Waals surface area contributed by atoms with Crippen LogP contribution in [0.5, 0.6) is 11.5 Å². The van der Waals surface area contributed by atoms with Crippen LogP contribution in [0.15, 0.2) is 87.8 Å². The Morgan fingerprint density at radius 2 is 1.88 bits per heavy atom. The van der Waals surface area contributed by atoms with Gasteiger partial charge in [-0.25, -0.2) is 9.79 Å². The van der Waals surface area contributed by atoms with E-state index in [2.05, 4.69) is 10.3 Å². The highest BCUT2D eigenvalue weighted by Crippen LogP contribution is 2.34. The summed E-state index contributed by atoms with van der Waals surface area (Å²) in [5.41, 5.74) is 2.48. The van der Waals surface area contributed by atoms with E-state index >= 15 is 0 Å². The fourth-order valence-corrected chi connectivity index (χ4v) is 6.49. The predicted molar refractivity (Wildman–Crippen MR) is 169 cm³/mol. The third kappa shape index (κ3) is 6.13. The van der Waals surface area contributed by atoms with E-state index in [-0.39, 0.29) is 11.5 Å². The molecule has 1 aromatic heterocycles. The van der Waals surface area contributed by atoms with E-state index in [4.69, 9.17) is 26.2 Å². The number of carbonyl (C=O) groups is 2. The Morgan fingerprint density at radius 1 is 1.17 bits per heavy atom. The number of nitrogens with one attached hydrogen (secondary N) is 1. The van der Waals surface area contributed by atoms with Gasteiger partial charge in [0, 0.05) is 10.7 Å². The van der Waals surface area contributed by atoms with Crippen LogP contribution in [0.3, 0.4) is 0 Å². The van der Waals surface area contributed by atoms with Crippen molar-refractivity contribution in [1.82, 2.24) is 4.57 Å². The van der Waals surface area contributed by atoms with Crippen molar-refractivity contribution in [3.63, 3.8) is 0 Å². The Labute approximate surface area is 262 Å². The zero-order valence-electron chi connectivity index (χ0n) is 22.3. The van der Waals surface area contributed by atoms with Crippen molar-refractivity contribution in [2.45, 2.75) is 13.0 Å². The normalized spacial score (nSPS) is 14.7. The highest BCUT2D eigenvalue weighted by atomic mass is 127. The molecule has 1 aliphatic rings. The largest absolute Gasteiger partial charge is 0.493 e. The number of hydrogen-bond donors (Lipinski definition) is 2. The molecule has 42 heavy (non-hydrogen) atoms. The molecule has 2 heterocycles. The van der Waals surface area contributed by atoms with Crippen LogP contribution in [0.25, 0.3) is 6.08 Å². The number of benzene rings is 3. The molecular weight excluding hydrogens is 693 g/mol. The molecule has 1 atom stereocenters. The van der Waals surface area contributed by atoms with Gasteiger partial charge in [0.25, 0.3) is 11.5 Å². The maximum Gasteiger partial charge on any atom is 0.341 e. The maximum absolute atomic E-state index is 14.0. The van der Waals surface area contributed by atoms with Gasteiger partial charge in [-0.2, -0.15) is 0 Å². The van der Waals surface area contributed by atoms with Gasteiger partial charge in [0.05, 0.1) is 32.5 Å². The van der Waals surface area contributed by atoms with Crippen LogP contribution in [0.2, 0.25) is 5.02 Å². The fourth-order valence-electron chi connectivity index (χ4n) is 4.54. The number of rotatable bonds is 8. The average molecular weight is 716 g/mol. The van der Waals surface area contributed by atoms with Crippen LogP contribution < -0.4 is 29.7 Å². The molecule has 5 rings (SSSR count). The van der Waals surface area contributed by atoms with Crippen LogP contribution >= 0.6 is 45.5 Å². The van der Waals surface area contributed by atoms with Crippen LogP contribution in [-0.4, -0.2) is 35.3 Å². The second-order valence-corrected chi connectivity index (χ2v) is 11.8. The number of carboxylic acid groups (broad SMARTS) is 1. The zero-order valence-corrected chi connectivity index (χ0v) is 26.0. The van der Waals surface area contributed by atoms with Crippen molar-refractivity contribution >= 4 is 69.2 Å². The number of hydrogen-bond acceptors (Lipinski definition) is 7. The van der Waals surface area contributed by atoms with E-state index in [9.17, 15) is 14.4 Å². The minimum Gasteiger partial charge on any atom is -0.493 e. The first-order valence-corrected chi connectivity index (χ1v) is 14.8. The SMILES string of the molecule is COc1cc(/C=c2\sc3n(c2=O)[C@@H](c2ccc(Cl)cc2)C(C(=O)Nc2ccccc2)=C(C)N=3)cc(I)c1OCC(=O)O. The van der Waals surface area contributed by atoms with Crippen LogP contribution in [0.1, 0.15) is 24.1 Å². The van der Waals surface area contributed by atoms with Crippen LogP contribution in [0, 0.1) is 3.57 Å². The maximum atomic E-state index is 14.0. The molecule has 0 saturated carbocycles. The number of aliphatic carboxylic acids is 1. The van der Waals surface area contributed by atoms with Gasteiger partial charge in [0.15, 0.2) is 22.9 Å². The second-order valence-electron chi connectivity index (χ2n) is 9.17. The summed E-state index contributed by atoms with van der Waals surface area (Å²) in [5, 5.41) is 12.5. The smallest absolute Gasteiger partial charge is 0.341 e. The summed E-state index contributed by atoms with van der Waals surface area (Å²) in [5.74, 6) is -0.850. The number of thiazole rings is 1. The molecule has 4 aromatic rings. The lowest BCUT2D eigenvalue weighted by molar-refractivity contribution is -0.139. The molecule has 0 aliphatic carbocycles. The number of aromatic nitrogens is 1. The van der Waals surface area contributed by atoms with E-state index in [1.165, 1.54) is 23.0 Å². The lowest BCUT2D eigenvalue weighted by Gasteiger charge is -2.25. The van der Waals surface area contributed by atoms with Crippen molar-refractivity contribution in [2.24, 2.45) is 4.99 Å². The third-order valence-corrected chi connectivity index (χ3v) is 8.41. The molecule has 9 nitrogen and oxygen atoms in total. The van der Waals surface area contributed by atoms with Crippen molar-refractivity contribution in [3.05, 3.63) is 117 Å².